The van der Waals surface area contributed by atoms with E-state index in [0.29, 0.717) is 0 Å². The first kappa shape index (κ1) is 66.1. The van der Waals surface area contributed by atoms with E-state index >= 15 is 0 Å². The molecule has 0 fully saturated rings. The highest BCUT2D eigenvalue weighted by Gasteiger charge is 2.47. The molecule has 22 aromatic rings. The van der Waals surface area contributed by atoms with Gasteiger partial charge in [-0.2, -0.15) is 0 Å². The summed E-state index contributed by atoms with van der Waals surface area (Å²) in [5, 5.41) is 8.31. The Morgan fingerprint density at radius 2 is 0.462 bits per heavy atom. The maximum absolute atomic E-state index is 7.26. The Balaban J connectivity index is 0.886. The van der Waals surface area contributed by atoms with Crippen LogP contribution in [0.1, 0.15) is 0 Å². The highest BCUT2D eigenvalue weighted by molar-refractivity contribution is 7.00. The first-order valence-electron chi connectivity index (χ1n) is 39.9. The van der Waals surface area contributed by atoms with Crippen molar-refractivity contribution in [3.8, 4) is 55.6 Å². The van der Waals surface area contributed by atoms with E-state index in [1.165, 1.54) is 0 Å². The Hall–Kier alpha value is -15.6. The summed E-state index contributed by atoms with van der Waals surface area (Å²) in [6, 6.07) is 147. The third-order valence-electron chi connectivity index (χ3n) is 24.0. The number of nitrogens with zero attached hydrogens (tertiary/aromatic N) is 4. The lowest BCUT2D eigenvalue weighted by Crippen LogP contribution is -2.61. The molecule has 0 aliphatic carbocycles. The summed E-state index contributed by atoms with van der Waals surface area (Å²) in [7, 11) is 0. The maximum atomic E-state index is 7.26. The minimum absolute atomic E-state index is 0.411. The number of benzene rings is 18. The summed E-state index contributed by atoms with van der Waals surface area (Å²) in [6.07, 6.45) is 0. The van der Waals surface area contributed by atoms with Crippen molar-refractivity contribution in [1.29, 1.82) is 0 Å². The van der Waals surface area contributed by atoms with E-state index in [1.807, 2.05) is 0 Å². The molecule has 0 unspecified atom stereocenters. The van der Waals surface area contributed by atoms with Gasteiger partial charge in [-0.1, -0.05) is 297 Å². The van der Waals surface area contributed by atoms with Crippen LogP contribution in [0.4, 0.5) is 68.2 Å². The second-order valence-corrected chi connectivity index (χ2v) is 30.4. The van der Waals surface area contributed by atoms with E-state index in [1.54, 1.807) is 0 Å². The Labute approximate surface area is 674 Å². The number of furan rings is 4. The molecule has 0 saturated carbocycles. The van der Waals surface area contributed by atoms with E-state index in [4.69, 9.17) is 17.7 Å². The van der Waals surface area contributed by atoms with Crippen LogP contribution >= 0.6 is 0 Å². The van der Waals surface area contributed by atoms with Gasteiger partial charge in [-0.15, -0.1) is 0 Å². The molecule has 0 bridgehead atoms. The molecule has 117 heavy (non-hydrogen) atoms. The lowest BCUT2D eigenvalue weighted by molar-refractivity contribution is 0.669. The lowest BCUT2D eigenvalue weighted by atomic mass is 9.33. The van der Waals surface area contributed by atoms with E-state index in [2.05, 4.69) is 426 Å². The molecule has 0 amide bonds. The Bertz CT molecular complexity index is 6970. The van der Waals surface area contributed by atoms with Crippen molar-refractivity contribution in [2.45, 2.75) is 0 Å². The van der Waals surface area contributed by atoms with Crippen LogP contribution in [0, 0.1) is 0 Å². The van der Waals surface area contributed by atoms with Crippen molar-refractivity contribution >= 4 is 179 Å². The van der Waals surface area contributed by atoms with Gasteiger partial charge >= 0.3 is 0 Å². The molecule has 18 aromatic carbocycles. The number of fused-ring (bicyclic) bond motifs is 16. The zero-order chi connectivity index (χ0) is 76.8. The van der Waals surface area contributed by atoms with E-state index in [-0.39, 0.29) is 0 Å². The average molecular weight is 1500 g/mol. The monoisotopic (exact) mass is 1490 g/mol. The van der Waals surface area contributed by atoms with Crippen LogP contribution in [0.5, 0.6) is 0 Å². The molecule has 0 N–H and O–H groups in total. The van der Waals surface area contributed by atoms with Crippen molar-refractivity contribution < 1.29 is 17.7 Å². The zero-order valence-electron chi connectivity index (χ0n) is 63.2. The fourth-order valence-electron chi connectivity index (χ4n) is 19.0. The van der Waals surface area contributed by atoms with Gasteiger partial charge in [0.1, 0.15) is 44.7 Å². The molecule has 8 nitrogen and oxygen atoms in total. The van der Waals surface area contributed by atoms with Crippen molar-refractivity contribution in [3.05, 3.63) is 406 Å². The molecule has 0 atom stereocenters. The maximum Gasteiger partial charge on any atom is 0.252 e. The van der Waals surface area contributed by atoms with Crippen molar-refractivity contribution in [1.82, 2.24) is 0 Å². The molecule has 546 valence electrons. The highest BCUT2D eigenvalue weighted by atomic mass is 16.3. The van der Waals surface area contributed by atoms with Crippen LogP contribution in [0.2, 0.25) is 0 Å². The third-order valence-corrected chi connectivity index (χ3v) is 24.0. The second-order valence-electron chi connectivity index (χ2n) is 30.4. The molecule has 9 heteroatoms. The summed E-state index contributed by atoms with van der Waals surface area (Å²) in [4.78, 5) is 10.0. The predicted molar refractivity (Wildman–Crippen MR) is 486 cm³/mol. The largest absolute Gasteiger partial charge is 0.455 e. The van der Waals surface area contributed by atoms with Crippen LogP contribution in [-0.2, 0) is 0 Å². The molecule has 6 heterocycles. The lowest BCUT2D eigenvalue weighted by Gasteiger charge is -2.46. The van der Waals surface area contributed by atoms with Gasteiger partial charge in [0.05, 0.1) is 11.4 Å². The number of para-hydroxylation sites is 14. The first-order chi connectivity index (χ1) is 58.1. The van der Waals surface area contributed by atoms with Gasteiger partial charge in [-0.05, 0) is 137 Å². The fraction of sp³-hybridized carbons (Fsp3) is 0. The van der Waals surface area contributed by atoms with Crippen LogP contribution in [0.15, 0.2) is 424 Å². The van der Waals surface area contributed by atoms with Gasteiger partial charge in [0.15, 0.2) is 0 Å². The molecule has 2 aliphatic heterocycles. The summed E-state index contributed by atoms with van der Waals surface area (Å²) in [5.41, 5.74) is 31.3. The highest BCUT2D eigenvalue weighted by Crippen LogP contribution is 2.58. The quantitative estimate of drug-likeness (QED) is 0.106. The van der Waals surface area contributed by atoms with Gasteiger partial charge in [0.2, 0.25) is 0 Å². The summed E-state index contributed by atoms with van der Waals surface area (Å²) in [6.45, 7) is -0.411. The zero-order valence-corrected chi connectivity index (χ0v) is 63.2. The average Bonchev–Trinajstić information content (AvgIpc) is 1.26. The number of anilines is 12. The van der Waals surface area contributed by atoms with Crippen molar-refractivity contribution in [3.63, 3.8) is 0 Å². The number of rotatable bonds is 13. The number of hydrogen-bond donors (Lipinski definition) is 0. The minimum Gasteiger partial charge on any atom is -0.455 e. The third kappa shape index (κ3) is 10.4. The smallest absolute Gasteiger partial charge is 0.252 e. The van der Waals surface area contributed by atoms with Crippen molar-refractivity contribution in [2.75, 3.05) is 19.6 Å². The molecule has 0 spiro atoms. The van der Waals surface area contributed by atoms with Crippen LogP contribution < -0.4 is 36.0 Å². The van der Waals surface area contributed by atoms with E-state index in [0.717, 1.165) is 228 Å². The number of hydrogen-bond acceptors (Lipinski definition) is 8. The van der Waals surface area contributed by atoms with Crippen LogP contribution in [0.25, 0.3) is 143 Å². The van der Waals surface area contributed by atoms with Gasteiger partial charge in [0.25, 0.3) is 6.71 Å². The van der Waals surface area contributed by atoms with Gasteiger partial charge in [-0.25, -0.2) is 0 Å². The Kier molecular flexibility index (Phi) is 15.0. The predicted octanol–water partition coefficient (Wildman–Crippen LogP) is 28.6. The van der Waals surface area contributed by atoms with E-state index < -0.39 is 6.71 Å². The summed E-state index contributed by atoms with van der Waals surface area (Å²) < 4.78 is 29.1. The molecule has 0 radical (unpaired) electrons. The van der Waals surface area contributed by atoms with Gasteiger partial charge < -0.3 is 37.3 Å². The molecular formula is C108H67BN4O4. The SMILES string of the molecule is c1ccc(-c2cc3c4c(c2)N(c2c(-c5cccc6c5oc5ccccc56)cccc2-c2cccc5c2oc2ccccc25)c2cc(N(c5ccccc5)c5ccccc5)ccc2B4c2ccc(N(c4ccccc4)c4ccccc4)cc2N3c2c(-c3cccc4c3oc3ccccc34)cccc2-c2cccc3c2oc2ccccc23)cc1. The summed E-state index contributed by atoms with van der Waals surface area (Å²) >= 11 is 0. The second kappa shape index (κ2) is 26.5. The molecule has 4 aromatic heterocycles. The van der Waals surface area contributed by atoms with Gasteiger partial charge in [0, 0.05) is 144 Å². The first-order valence-corrected chi connectivity index (χ1v) is 39.9. The van der Waals surface area contributed by atoms with Crippen molar-refractivity contribution in [2.24, 2.45) is 0 Å². The molecule has 24 rings (SSSR count). The van der Waals surface area contributed by atoms with Gasteiger partial charge in [-0.3, -0.25) is 0 Å². The van der Waals surface area contributed by atoms with Crippen LogP contribution in [0.3, 0.4) is 0 Å². The Morgan fingerprint density at radius 3 is 0.778 bits per heavy atom. The molecular weight excluding hydrogens is 1430 g/mol. The fourth-order valence-corrected chi connectivity index (χ4v) is 19.0. The van der Waals surface area contributed by atoms with E-state index in [9.17, 15) is 0 Å². The molecule has 2 aliphatic rings. The standard InChI is InChI=1S/C108H67BN4O4/c1-6-30-68(31-7-1)69-64-96-102-97(65-69)113(104-82(90-54-28-50-86-78-42-18-22-58-100(78)116-107(86)90)46-25-47-83(104)91-55-29-51-87-79-43-19-23-59-101(79)117-108(87)91)95-67-75(111(72-36-12-4-13-37-72)73-38-14-5-15-39-73)61-63-93(95)109(102)92-62-60-74(110(70-32-8-2-9-33-70)71-34-10-3-11-35-71)66-94(92)112(96)103-80(88-52-26-48-84-76-40-16-20-56-98(76)114-105(84)88)44-24-45-81(103)89-53-27-49-85-77-41-17-21-57-99(77)115-106(85)89/h1-67H. The Morgan fingerprint density at radius 1 is 0.197 bits per heavy atom. The summed E-state index contributed by atoms with van der Waals surface area (Å²) in [5.74, 6) is 0. The molecule has 0 saturated heterocycles. The topological polar surface area (TPSA) is 65.5 Å². The normalized spacial score (nSPS) is 12.4. The minimum atomic E-state index is -0.411. The van der Waals surface area contributed by atoms with Crippen LogP contribution in [-0.4, -0.2) is 6.71 Å².